The van der Waals surface area contributed by atoms with Gasteiger partial charge in [-0.15, -0.1) is 0 Å². The van der Waals surface area contributed by atoms with Crippen LogP contribution in [0.15, 0.2) is 54.9 Å². The van der Waals surface area contributed by atoms with Crippen molar-refractivity contribution in [1.29, 1.82) is 0 Å². The average molecular weight is 379 g/mol. The van der Waals surface area contributed by atoms with Crippen molar-refractivity contribution in [3.63, 3.8) is 0 Å². The highest BCUT2D eigenvalue weighted by molar-refractivity contribution is 5.85. The lowest BCUT2D eigenvalue weighted by Gasteiger charge is -2.13. The third-order valence-electron chi connectivity index (χ3n) is 4.05. The summed E-state index contributed by atoms with van der Waals surface area (Å²) in [5.41, 5.74) is 7.26. The van der Waals surface area contributed by atoms with E-state index in [2.05, 4.69) is 15.1 Å². The van der Waals surface area contributed by atoms with Crippen LogP contribution in [0.2, 0.25) is 0 Å². The molecule has 140 valence electrons. The third kappa shape index (κ3) is 3.32. The van der Waals surface area contributed by atoms with Gasteiger partial charge in [-0.25, -0.2) is 23.8 Å². The minimum absolute atomic E-state index is 0.0803. The predicted molar refractivity (Wildman–Crippen MR) is 98.8 cm³/mol. The van der Waals surface area contributed by atoms with E-state index in [4.69, 9.17) is 10.5 Å². The van der Waals surface area contributed by atoms with Crippen LogP contribution in [0.25, 0.3) is 16.6 Å². The lowest BCUT2D eigenvalue weighted by Crippen LogP contribution is -2.11. The molecule has 0 saturated carbocycles. The van der Waals surface area contributed by atoms with Gasteiger partial charge in [-0.05, 0) is 42.5 Å². The fourth-order valence-electron chi connectivity index (χ4n) is 2.74. The van der Waals surface area contributed by atoms with Gasteiger partial charge in [0.1, 0.15) is 23.8 Å². The van der Waals surface area contributed by atoms with Crippen LogP contribution < -0.4 is 10.5 Å². The van der Waals surface area contributed by atoms with Crippen molar-refractivity contribution >= 4 is 22.7 Å². The highest BCUT2D eigenvalue weighted by Crippen LogP contribution is 2.27. The van der Waals surface area contributed by atoms with Crippen LogP contribution in [0.5, 0.6) is 5.75 Å². The zero-order chi connectivity index (χ0) is 19.7. The molecule has 3 aromatic heterocycles. The number of ether oxygens (including phenoxy) is 1. The molecule has 0 spiro atoms. The van der Waals surface area contributed by atoms with Gasteiger partial charge in [0.25, 0.3) is 0 Å². The Balaban J connectivity index is 1.69. The van der Waals surface area contributed by atoms with E-state index in [-0.39, 0.29) is 23.9 Å². The molecule has 1 aromatic carbocycles. The standard InChI is InChI=1S/C19H14FN5O3/c20-12-2-3-13-11(8-12)9-17(18(21)24-13)28-10-15-16(25-7-1-6-22-25)5-4-14(23-15)19(26)27/h1-9H,10H2,(H2,21,24)(H,26,27). The zero-order valence-electron chi connectivity index (χ0n) is 14.4. The number of carboxylic acid groups (broad SMARTS) is 1. The number of carbonyl (C=O) groups is 1. The van der Waals surface area contributed by atoms with Crippen LogP contribution >= 0.6 is 0 Å². The molecule has 9 heteroatoms. The van der Waals surface area contributed by atoms with Gasteiger partial charge in [0.05, 0.1) is 11.2 Å². The summed E-state index contributed by atoms with van der Waals surface area (Å²) in [7, 11) is 0. The van der Waals surface area contributed by atoms with Crippen LogP contribution in [0, 0.1) is 5.82 Å². The molecule has 0 amide bonds. The fourth-order valence-corrected chi connectivity index (χ4v) is 2.74. The average Bonchev–Trinajstić information content (AvgIpc) is 3.21. The highest BCUT2D eigenvalue weighted by Gasteiger charge is 2.14. The molecule has 0 aliphatic heterocycles. The first-order valence-corrected chi connectivity index (χ1v) is 8.23. The molecule has 0 radical (unpaired) electrons. The van der Waals surface area contributed by atoms with E-state index in [0.717, 1.165) is 0 Å². The molecule has 4 aromatic rings. The summed E-state index contributed by atoms with van der Waals surface area (Å²) in [5.74, 6) is -1.18. The molecule has 3 heterocycles. The summed E-state index contributed by atoms with van der Waals surface area (Å²) in [4.78, 5) is 19.6. The van der Waals surface area contributed by atoms with E-state index in [1.807, 2.05) is 0 Å². The monoisotopic (exact) mass is 379 g/mol. The van der Waals surface area contributed by atoms with Crippen molar-refractivity contribution < 1.29 is 19.0 Å². The van der Waals surface area contributed by atoms with Crippen molar-refractivity contribution in [2.45, 2.75) is 6.61 Å². The minimum atomic E-state index is -1.16. The second-order valence-electron chi connectivity index (χ2n) is 5.92. The van der Waals surface area contributed by atoms with Crippen molar-refractivity contribution in [2.75, 3.05) is 5.73 Å². The van der Waals surface area contributed by atoms with Gasteiger partial charge < -0.3 is 15.6 Å². The number of carboxylic acids is 1. The van der Waals surface area contributed by atoms with Gasteiger partial charge >= 0.3 is 5.97 Å². The summed E-state index contributed by atoms with van der Waals surface area (Å²) in [5, 5.41) is 13.9. The Hall–Kier alpha value is -4.01. The number of benzene rings is 1. The van der Waals surface area contributed by atoms with E-state index in [0.29, 0.717) is 22.3 Å². The molecule has 0 saturated heterocycles. The van der Waals surface area contributed by atoms with Gasteiger partial charge in [-0.2, -0.15) is 5.10 Å². The Bertz CT molecular complexity index is 1180. The topological polar surface area (TPSA) is 116 Å². The summed E-state index contributed by atoms with van der Waals surface area (Å²) < 4.78 is 20.8. The molecule has 4 rings (SSSR count). The number of rotatable bonds is 5. The number of nitrogen functional groups attached to an aromatic ring is 1. The Kier molecular flexibility index (Phi) is 4.32. The van der Waals surface area contributed by atoms with Crippen molar-refractivity contribution in [2.24, 2.45) is 0 Å². The largest absolute Gasteiger partial charge is 0.483 e. The first-order valence-electron chi connectivity index (χ1n) is 8.23. The number of pyridine rings is 2. The molecule has 28 heavy (non-hydrogen) atoms. The summed E-state index contributed by atoms with van der Waals surface area (Å²) in [6, 6.07) is 10.4. The second kappa shape index (κ2) is 6.95. The molecule has 3 N–H and O–H groups in total. The number of fused-ring (bicyclic) bond motifs is 1. The van der Waals surface area contributed by atoms with E-state index in [9.17, 15) is 14.3 Å². The first-order chi connectivity index (χ1) is 13.5. The van der Waals surface area contributed by atoms with Crippen molar-refractivity contribution in [3.8, 4) is 11.4 Å². The second-order valence-corrected chi connectivity index (χ2v) is 5.92. The third-order valence-corrected chi connectivity index (χ3v) is 4.05. The number of halogens is 1. The predicted octanol–water partition coefficient (Wildman–Crippen LogP) is 2.81. The Morgan fingerprint density at radius 3 is 2.82 bits per heavy atom. The van der Waals surface area contributed by atoms with E-state index >= 15 is 0 Å². The SMILES string of the molecule is Nc1nc2ccc(F)cc2cc1OCc1nc(C(=O)O)ccc1-n1cccn1. The molecular weight excluding hydrogens is 365 g/mol. The van der Waals surface area contributed by atoms with Crippen LogP contribution in [0.3, 0.4) is 0 Å². The molecule has 0 fully saturated rings. The van der Waals surface area contributed by atoms with Gasteiger partial charge in [0.2, 0.25) is 0 Å². The molecule has 0 atom stereocenters. The van der Waals surface area contributed by atoms with E-state index in [1.165, 1.54) is 24.3 Å². The first kappa shape index (κ1) is 17.4. The number of aromatic nitrogens is 4. The number of hydrogen-bond acceptors (Lipinski definition) is 6. The Morgan fingerprint density at radius 2 is 2.07 bits per heavy atom. The van der Waals surface area contributed by atoms with Crippen LogP contribution in [-0.4, -0.2) is 30.8 Å². The van der Waals surface area contributed by atoms with Crippen molar-refractivity contribution in [3.05, 3.63) is 72.1 Å². The van der Waals surface area contributed by atoms with Crippen LogP contribution in [0.1, 0.15) is 16.2 Å². The van der Waals surface area contributed by atoms with Crippen LogP contribution in [-0.2, 0) is 6.61 Å². The number of nitrogens with zero attached hydrogens (tertiary/aromatic N) is 4. The van der Waals surface area contributed by atoms with Crippen molar-refractivity contribution in [1.82, 2.24) is 19.7 Å². The highest BCUT2D eigenvalue weighted by atomic mass is 19.1. The van der Waals surface area contributed by atoms with Gasteiger partial charge in [0.15, 0.2) is 11.6 Å². The number of aromatic carboxylic acids is 1. The molecule has 0 bridgehead atoms. The lowest BCUT2D eigenvalue weighted by atomic mass is 10.2. The molecular formula is C19H14FN5O3. The maximum absolute atomic E-state index is 13.5. The van der Waals surface area contributed by atoms with Gasteiger partial charge in [-0.3, -0.25) is 0 Å². The minimum Gasteiger partial charge on any atom is -0.483 e. The molecule has 8 nitrogen and oxygen atoms in total. The Morgan fingerprint density at radius 1 is 1.21 bits per heavy atom. The maximum Gasteiger partial charge on any atom is 0.354 e. The normalized spacial score (nSPS) is 10.9. The molecule has 0 unspecified atom stereocenters. The summed E-state index contributed by atoms with van der Waals surface area (Å²) in [6.07, 6.45) is 3.30. The van der Waals surface area contributed by atoms with Gasteiger partial charge in [0, 0.05) is 17.8 Å². The molecule has 0 aliphatic rings. The van der Waals surface area contributed by atoms with Crippen LogP contribution in [0.4, 0.5) is 10.2 Å². The van der Waals surface area contributed by atoms with Gasteiger partial charge in [-0.1, -0.05) is 0 Å². The Labute approximate surface area is 158 Å². The fraction of sp³-hybridized carbons (Fsp3) is 0.0526. The van der Waals surface area contributed by atoms with E-state index < -0.39 is 11.8 Å². The van der Waals surface area contributed by atoms with E-state index in [1.54, 1.807) is 35.3 Å². The smallest absolute Gasteiger partial charge is 0.354 e. The summed E-state index contributed by atoms with van der Waals surface area (Å²) in [6.45, 7) is -0.0803. The molecule has 0 aliphatic carbocycles. The summed E-state index contributed by atoms with van der Waals surface area (Å²) >= 11 is 0. The number of anilines is 1. The zero-order valence-corrected chi connectivity index (χ0v) is 14.4. The maximum atomic E-state index is 13.5. The number of nitrogens with two attached hydrogens (primary N) is 1. The number of hydrogen-bond donors (Lipinski definition) is 2. The lowest BCUT2D eigenvalue weighted by molar-refractivity contribution is 0.0690. The quantitative estimate of drug-likeness (QED) is 0.548.